The van der Waals surface area contributed by atoms with Gasteiger partial charge < -0.3 is 77.3 Å². The van der Waals surface area contributed by atoms with Gasteiger partial charge in [0.2, 0.25) is 0 Å². The van der Waals surface area contributed by atoms with E-state index >= 15 is 0 Å². The Labute approximate surface area is 352 Å². The molecule has 0 spiro atoms. The third-order valence-corrected chi connectivity index (χ3v) is 7.38. The van der Waals surface area contributed by atoms with Gasteiger partial charge in [0.25, 0.3) is 0 Å². The molecule has 0 fully saturated rings. The zero-order valence-electron chi connectivity index (χ0n) is 35.6. The van der Waals surface area contributed by atoms with Gasteiger partial charge in [0, 0.05) is 0 Å². The minimum atomic E-state index is -1.47. The smallest absolute Gasteiger partial charge is 0.347 e. The van der Waals surface area contributed by atoms with Crippen molar-refractivity contribution in [1.29, 1.82) is 0 Å². The quantitative estimate of drug-likeness (QED) is 0.0307. The highest BCUT2D eigenvalue weighted by Gasteiger charge is 2.34. The number of carbonyl (C=O) groups excluding carboxylic acids is 8. The first kappa shape index (κ1) is 56.4. The Balaban J connectivity index is 5.84. The first-order valence-electron chi connectivity index (χ1n) is 19.0. The van der Waals surface area contributed by atoms with Gasteiger partial charge in [-0.25, -0.2) is 38.4 Å². The second kappa shape index (κ2) is 30.5. The maximum atomic E-state index is 12.3. The Hall–Kier alpha value is -4.56. The number of hydrogen-bond donors (Lipinski definition) is 4. The molecular weight excluding hydrogens is 828 g/mol. The molecule has 4 N–H and O–H groups in total. The molecule has 0 rings (SSSR count). The number of esters is 8. The number of carbonyl (C=O) groups is 8. The lowest BCUT2D eigenvalue weighted by Crippen LogP contribution is -2.43. The molecule has 0 amide bonds. The van der Waals surface area contributed by atoms with Crippen LogP contribution in [0.2, 0.25) is 0 Å². The largest absolute Gasteiger partial charge is 0.461 e. The summed E-state index contributed by atoms with van der Waals surface area (Å²) in [4.78, 5) is 95.5. The maximum absolute atomic E-state index is 12.3. The SMILES string of the molecule is CC(O)C(=O)OC(C)C(=O)OCCOCC(COCCOC(=O)C(C)OC(=O)C(C)O)(COCCOC(=O)C(C)OC(=O)C(C)O)COCCOC(=O)C(C)OC(=O)C(C)O. The van der Waals surface area contributed by atoms with Crippen molar-refractivity contribution in [2.24, 2.45) is 5.41 Å². The molecule has 61 heavy (non-hydrogen) atoms. The predicted octanol–water partition coefficient (Wildman–Crippen LogP) is -2.54. The van der Waals surface area contributed by atoms with E-state index in [-0.39, 0.29) is 79.3 Å². The molecule has 24 nitrogen and oxygen atoms in total. The maximum Gasteiger partial charge on any atom is 0.347 e. The van der Waals surface area contributed by atoms with Gasteiger partial charge in [-0.2, -0.15) is 0 Å². The molecule has 0 aromatic rings. The third kappa shape index (κ3) is 25.1. The molecule has 0 radical (unpaired) electrons. The van der Waals surface area contributed by atoms with Crippen LogP contribution in [-0.2, 0) is 95.2 Å². The molecule has 0 aromatic carbocycles. The highest BCUT2D eigenvalue weighted by molar-refractivity contribution is 5.82. The molecule has 0 aliphatic rings. The number of aliphatic hydroxyl groups is 4. The Morgan fingerprint density at radius 3 is 0.672 bits per heavy atom. The molecular formula is C37H60O24. The number of aliphatic hydroxyl groups excluding tert-OH is 4. The summed E-state index contributed by atoms with van der Waals surface area (Å²) in [5.41, 5.74) is -1.26. The van der Waals surface area contributed by atoms with Crippen LogP contribution in [0.5, 0.6) is 0 Å². The van der Waals surface area contributed by atoms with Gasteiger partial charge in [-0.1, -0.05) is 0 Å². The summed E-state index contributed by atoms with van der Waals surface area (Å²) in [6, 6.07) is 0. The minimum absolute atomic E-state index is 0.230. The van der Waals surface area contributed by atoms with E-state index in [1.807, 2.05) is 0 Å². The van der Waals surface area contributed by atoms with Crippen LogP contribution in [-0.4, -0.2) is 196 Å². The summed E-state index contributed by atoms with van der Waals surface area (Å²) < 4.78 is 62.6. The Morgan fingerprint density at radius 1 is 0.328 bits per heavy atom. The van der Waals surface area contributed by atoms with E-state index in [2.05, 4.69) is 0 Å². The molecule has 0 aliphatic carbocycles. The summed E-state index contributed by atoms with van der Waals surface area (Å²) >= 11 is 0. The van der Waals surface area contributed by atoms with Gasteiger partial charge in [0.1, 0.15) is 50.8 Å². The second-order valence-electron chi connectivity index (χ2n) is 13.4. The molecule has 0 bridgehead atoms. The molecule has 8 unspecified atom stereocenters. The summed E-state index contributed by atoms with van der Waals surface area (Å²) in [7, 11) is 0. The van der Waals surface area contributed by atoms with Crippen molar-refractivity contribution in [3.8, 4) is 0 Å². The topological polar surface area (TPSA) is 328 Å². The number of hydrogen-bond acceptors (Lipinski definition) is 24. The molecule has 0 saturated heterocycles. The minimum Gasteiger partial charge on any atom is -0.461 e. The molecule has 0 aliphatic heterocycles. The van der Waals surface area contributed by atoms with Crippen LogP contribution in [0.4, 0.5) is 0 Å². The summed E-state index contributed by atoms with van der Waals surface area (Å²) in [5, 5.41) is 37.2. The fourth-order valence-electron chi connectivity index (χ4n) is 3.96. The third-order valence-electron chi connectivity index (χ3n) is 7.38. The van der Waals surface area contributed by atoms with Crippen LogP contribution < -0.4 is 0 Å². The van der Waals surface area contributed by atoms with Gasteiger partial charge >= 0.3 is 47.8 Å². The van der Waals surface area contributed by atoms with Crippen molar-refractivity contribution < 1.29 is 116 Å². The lowest BCUT2D eigenvalue weighted by molar-refractivity contribution is -0.174. The Morgan fingerprint density at radius 2 is 0.508 bits per heavy atom. The molecule has 0 aromatic heterocycles. The van der Waals surface area contributed by atoms with E-state index in [1.165, 1.54) is 27.7 Å². The van der Waals surface area contributed by atoms with E-state index in [4.69, 9.17) is 56.8 Å². The van der Waals surface area contributed by atoms with Crippen molar-refractivity contribution in [2.75, 3.05) is 79.3 Å². The van der Waals surface area contributed by atoms with Crippen LogP contribution in [0.25, 0.3) is 0 Å². The van der Waals surface area contributed by atoms with Crippen molar-refractivity contribution in [3.05, 3.63) is 0 Å². The predicted molar refractivity (Wildman–Crippen MR) is 198 cm³/mol. The highest BCUT2D eigenvalue weighted by atomic mass is 16.6. The van der Waals surface area contributed by atoms with Crippen LogP contribution in [0.3, 0.4) is 0 Å². The van der Waals surface area contributed by atoms with Gasteiger partial charge in [-0.05, 0) is 55.4 Å². The van der Waals surface area contributed by atoms with E-state index in [9.17, 15) is 58.8 Å². The number of rotatable bonds is 32. The van der Waals surface area contributed by atoms with Gasteiger partial charge in [0.05, 0.1) is 58.3 Å². The van der Waals surface area contributed by atoms with E-state index < -0.39 is 102 Å². The molecule has 0 saturated carbocycles. The van der Waals surface area contributed by atoms with Gasteiger partial charge in [-0.15, -0.1) is 0 Å². The highest BCUT2D eigenvalue weighted by Crippen LogP contribution is 2.21. The van der Waals surface area contributed by atoms with Crippen molar-refractivity contribution in [3.63, 3.8) is 0 Å². The Kier molecular flexibility index (Phi) is 28.2. The van der Waals surface area contributed by atoms with E-state index in [1.54, 1.807) is 0 Å². The fourth-order valence-corrected chi connectivity index (χ4v) is 3.96. The summed E-state index contributed by atoms with van der Waals surface area (Å²) in [5.74, 6) is -7.89. The van der Waals surface area contributed by atoms with E-state index in [0.29, 0.717) is 0 Å². The average Bonchev–Trinajstić information content (AvgIpc) is 3.19. The van der Waals surface area contributed by atoms with Crippen molar-refractivity contribution >= 4 is 47.8 Å². The molecule has 24 heteroatoms. The molecule has 352 valence electrons. The fraction of sp³-hybridized carbons (Fsp3) is 0.784. The monoisotopic (exact) mass is 888 g/mol. The van der Waals surface area contributed by atoms with E-state index in [0.717, 1.165) is 27.7 Å². The standard InChI is InChI=1S/C37H60O24/c1-21(38)29(42)58-25(5)33(46)54-13-9-50-17-37(18-51-10-14-55-34(47)26(6)59-30(43)22(2)39,19-52-11-15-56-35(48)27(7)60-31(44)23(3)40)20-53-12-16-57-36(49)28(8)61-32(45)24(4)41/h21-28,38-41H,9-20H2,1-8H3. The zero-order chi connectivity index (χ0) is 46.7. The summed E-state index contributed by atoms with van der Waals surface area (Å²) in [6.45, 7) is 6.34. The van der Waals surface area contributed by atoms with Gasteiger partial charge in [0.15, 0.2) is 24.4 Å². The normalized spacial score (nSPS) is 16.1. The van der Waals surface area contributed by atoms with Gasteiger partial charge in [-0.3, -0.25) is 0 Å². The van der Waals surface area contributed by atoms with Crippen LogP contribution in [0.1, 0.15) is 55.4 Å². The average molecular weight is 889 g/mol. The Bertz CT molecular complexity index is 1170. The zero-order valence-corrected chi connectivity index (χ0v) is 35.6. The van der Waals surface area contributed by atoms with Crippen LogP contribution >= 0.6 is 0 Å². The van der Waals surface area contributed by atoms with Crippen molar-refractivity contribution in [1.82, 2.24) is 0 Å². The van der Waals surface area contributed by atoms with Crippen LogP contribution in [0.15, 0.2) is 0 Å². The first-order valence-corrected chi connectivity index (χ1v) is 19.0. The lowest BCUT2D eigenvalue weighted by atomic mass is 9.92. The van der Waals surface area contributed by atoms with Crippen molar-refractivity contribution in [2.45, 2.75) is 104 Å². The molecule has 0 heterocycles. The van der Waals surface area contributed by atoms with Crippen LogP contribution in [0, 0.1) is 5.41 Å². The summed E-state index contributed by atoms with van der Waals surface area (Å²) in [6.07, 6.45) is -11.3. The molecule has 8 atom stereocenters. The second-order valence-corrected chi connectivity index (χ2v) is 13.4. The number of ether oxygens (including phenoxy) is 12. The first-order chi connectivity index (χ1) is 28.5. The lowest BCUT2D eigenvalue weighted by Gasteiger charge is -2.33.